The molecule has 0 radical (unpaired) electrons. The molecule has 1 aromatic carbocycles. The van der Waals surface area contributed by atoms with Crippen molar-refractivity contribution in [2.45, 2.75) is 38.3 Å². The fourth-order valence-electron chi connectivity index (χ4n) is 2.56. The normalized spacial score (nSPS) is 24.7. The van der Waals surface area contributed by atoms with E-state index >= 15 is 0 Å². The predicted octanol–water partition coefficient (Wildman–Crippen LogP) is 3.94. The molecule has 2 nitrogen and oxygen atoms in total. The first-order valence-corrected chi connectivity index (χ1v) is 7.30. The van der Waals surface area contributed by atoms with Crippen LogP contribution in [0.25, 0.3) is 0 Å². The molecule has 1 fully saturated rings. The van der Waals surface area contributed by atoms with Crippen molar-refractivity contribution in [3.05, 3.63) is 33.6 Å². The summed E-state index contributed by atoms with van der Waals surface area (Å²) in [7, 11) is 0. The predicted molar refractivity (Wildman–Crippen MR) is 76.2 cm³/mol. The van der Waals surface area contributed by atoms with Gasteiger partial charge >= 0.3 is 0 Å². The fourth-order valence-corrected chi connectivity index (χ4v) is 3.11. The van der Waals surface area contributed by atoms with Crippen LogP contribution < -0.4 is 5.32 Å². The van der Waals surface area contributed by atoms with E-state index in [1.807, 2.05) is 6.92 Å². The number of aliphatic hydroxyl groups is 1. The van der Waals surface area contributed by atoms with E-state index in [9.17, 15) is 9.50 Å². The minimum Gasteiger partial charge on any atom is -0.393 e. The smallest absolute Gasteiger partial charge is 0.142 e. The molecular formula is C14H18Cl2FNO. The Morgan fingerprint density at radius 2 is 2.11 bits per heavy atom. The Morgan fingerprint density at radius 3 is 2.74 bits per heavy atom. The van der Waals surface area contributed by atoms with Gasteiger partial charge in [-0.1, -0.05) is 29.6 Å². The number of hydrogen-bond acceptors (Lipinski definition) is 2. The van der Waals surface area contributed by atoms with Crippen molar-refractivity contribution in [1.29, 1.82) is 0 Å². The zero-order valence-electron chi connectivity index (χ0n) is 10.8. The molecule has 0 aromatic heterocycles. The maximum Gasteiger partial charge on any atom is 0.142 e. The summed E-state index contributed by atoms with van der Waals surface area (Å²) >= 11 is 11.8. The molecule has 0 spiro atoms. The lowest BCUT2D eigenvalue weighted by molar-refractivity contribution is 0.130. The van der Waals surface area contributed by atoms with Crippen LogP contribution in [0.4, 0.5) is 4.39 Å². The quantitative estimate of drug-likeness (QED) is 0.826. The molecule has 0 aliphatic heterocycles. The molecule has 3 unspecified atom stereocenters. The molecule has 2 N–H and O–H groups in total. The maximum atomic E-state index is 13.5. The van der Waals surface area contributed by atoms with Crippen molar-refractivity contribution in [3.63, 3.8) is 0 Å². The summed E-state index contributed by atoms with van der Waals surface area (Å²) in [5.74, 6) is -0.186. The first kappa shape index (κ1) is 15.0. The third-order valence-electron chi connectivity index (χ3n) is 3.81. The van der Waals surface area contributed by atoms with E-state index < -0.39 is 5.82 Å². The Labute approximate surface area is 122 Å². The molecule has 2 rings (SSSR count). The summed E-state index contributed by atoms with van der Waals surface area (Å²) in [4.78, 5) is 0. The van der Waals surface area contributed by atoms with Crippen LogP contribution in [0.3, 0.4) is 0 Å². The van der Waals surface area contributed by atoms with Crippen LogP contribution in [0, 0.1) is 11.7 Å². The molecule has 1 saturated carbocycles. The van der Waals surface area contributed by atoms with E-state index in [0.29, 0.717) is 17.1 Å². The van der Waals surface area contributed by atoms with Gasteiger partial charge in [-0.3, -0.25) is 0 Å². The lowest BCUT2D eigenvalue weighted by Crippen LogP contribution is -2.29. The van der Waals surface area contributed by atoms with Crippen molar-refractivity contribution in [2.75, 3.05) is 6.54 Å². The van der Waals surface area contributed by atoms with Gasteiger partial charge in [0.25, 0.3) is 0 Å². The summed E-state index contributed by atoms with van der Waals surface area (Å²) in [5.41, 5.74) is 0.691. The third kappa shape index (κ3) is 3.60. The van der Waals surface area contributed by atoms with Gasteiger partial charge in [-0.15, -0.1) is 0 Å². The van der Waals surface area contributed by atoms with E-state index in [-0.39, 0.29) is 23.1 Å². The van der Waals surface area contributed by atoms with Crippen molar-refractivity contribution in [3.8, 4) is 0 Å². The SMILES string of the molecule is CC(NCC1CCCC1O)c1cc(F)c(Cl)cc1Cl. The van der Waals surface area contributed by atoms with E-state index in [2.05, 4.69) is 5.32 Å². The van der Waals surface area contributed by atoms with Gasteiger partial charge in [0.1, 0.15) is 5.82 Å². The molecule has 0 bridgehead atoms. The monoisotopic (exact) mass is 305 g/mol. The highest BCUT2D eigenvalue weighted by Crippen LogP contribution is 2.30. The van der Waals surface area contributed by atoms with E-state index in [4.69, 9.17) is 23.2 Å². The van der Waals surface area contributed by atoms with Gasteiger partial charge in [0, 0.05) is 17.6 Å². The number of benzene rings is 1. The van der Waals surface area contributed by atoms with Gasteiger partial charge in [0.2, 0.25) is 0 Å². The second-order valence-corrected chi connectivity index (χ2v) is 5.99. The highest BCUT2D eigenvalue weighted by Gasteiger charge is 2.25. The molecule has 0 amide bonds. The topological polar surface area (TPSA) is 32.3 Å². The molecule has 1 aliphatic rings. The highest BCUT2D eigenvalue weighted by molar-refractivity contribution is 6.35. The summed E-state index contributed by atoms with van der Waals surface area (Å²) in [6, 6.07) is 2.72. The first-order valence-electron chi connectivity index (χ1n) is 6.55. The number of nitrogens with one attached hydrogen (secondary N) is 1. The first-order chi connectivity index (χ1) is 8.99. The van der Waals surface area contributed by atoms with Crippen LogP contribution in [0.5, 0.6) is 0 Å². The van der Waals surface area contributed by atoms with Crippen molar-refractivity contribution >= 4 is 23.2 Å². The lowest BCUT2D eigenvalue weighted by atomic mass is 10.0. The van der Waals surface area contributed by atoms with Crippen molar-refractivity contribution in [2.24, 2.45) is 5.92 Å². The molecule has 0 saturated heterocycles. The van der Waals surface area contributed by atoms with Crippen LogP contribution in [0.2, 0.25) is 10.0 Å². The second kappa shape index (κ2) is 6.40. The number of hydrogen-bond donors (Lipinski definition) is 2. The summed E-state index contributed by atoms with van der Waals surface area (Å²) in [6.07, 6.45) is 2.75. The van der Waals surface area contributed by atoms with Gasteiger partial charge in [-0.25, -0.2) is 4.39 Å². The van der Waals surface area contributed by atoms with Crippen molar-refractivity contribution in [1.82, 2.24) is 5.32 Å². The molecule has 3 atom stereocenters. The molecule has 19 heavy (non-hydrogen) atoms. The molecule has 5 heteroatoms. The summed E-state index contributed by atoms with van der Waals surface area (Å²) in [5, 5.41) is 13.6. The number of halogens is 3. The van der Waals surface area contributed by atoms with Gasteiger partial charge in [0.15, 0.2) is 0 Å². The lowest BCUT2D eigenvalue weighted by Gasteiger charge is -2.20. The Bertz CT molecular complexity index is 455. The van der Waals surface area contributed by atoms with Crippen LogP contribution in [-0.4, -0.2) is 17.8 Å². The Kier molecular flexibility index (Phi) is 5.07. The Morgan fingerprint density at radius 1 is 1.37 bits per heavy atom. The van der Waals surface area contributed by atoms with Gasteiger partial charge in [0.05, 0.1) is 11.1 Å². The number of rotatable bonds is 4. The molecule has 106 valence electrons. The Hall–Kier alpha value is -0.350. The molecule has 1 aromatic rings. The van der Waals surface area contributed by atoms with E-state index in [0.717, 1.165) is 19.3 Å². The van der Waals surface area contributed by atoms with E-state index in [1.54, 1.807) is 0 Å². The average Bonchev–Trinajstić information content (AvgIpc) is 2.76. The summed E-state index contributed by atoms with van der Waals surface area (Å²) in [6.45, 7) is 2.64. The maximum absolute atomic E-state index is 13.5. The van der Waals surface area contributed by atoms with Gasteiger partial charge in [-0.2, -0.15) is 0 Å². The standard InChI is InChI=1S/C14H18Cl2FNO/c1-8(18-7-9-3-2-4-14(9)19)10-5-13(17)12(16)6-11(10)15/h5-6,8-9,14,18-19H,2-4,7H2,1H3. The van der Waals surface area contributed by atoms with Crippen LogP contribution in [0.15, 0.2) is 12.1 Å². The van der Waals surface area contributed by atoms with E-state index in [1.165, 1.54) is 12.1 Å². The van der Waals surface area contributed by atoms with Crippen LogP contribution >= 0.6 is 23.2 Å². The van der Waals surface area contributed by atoms with Crippen LogP contribution in [-0.2, 0) is 0 Å². The fraction of sp³-hybridized carbons (Fsp3) is 0.571. The van der Waals surface area contributed by atoms with Crippen molar-refractivity contribution < 1.29 is 9.50 Å². The minimum atomic E-state index is -0.462. The molecule has 1 aliphatic carbocycles. The third-order valence-corrected chi connectivity index (χ3v) is 4.43. The zero-order valence-corrected chi connectivity index (χ0v) is 12.3. The average molecular weight is 306 g/mol. The van der Waals surface area contributed by atoms with Crippen LogP contribution in [0.1, 0.15) is 37.8 Å². The second-order valence-electron chi connectivity index (χ2n) is 5.18. The highest BCUT2D eigenvalue weighted by atomic mass is 35.5. The minimum absolute atomic E-state index is 0.0344. The molecule has 0 heterocycles. The van der Waals surface area contributed by atoms with Gasteiger partial charge in [-0.05, 0) is 43.4 Å². The van der Waals surface area contributed by atoms with Gasteiger partial charge < -0.3 is 10.4 Å². The number of aliphatic hydroxyl groups excluding tert-OH is 1. The zero-order chi connectivity index (χ0) is 14.0. The molecular weight excluding hydrogens is 288 g/mol. The summed E-state index contributed by atoms with van der Waals surface area (Å²) < 4.78 is 13.5. The largest absolute Gasteiger partial charge is 0.393 e. The Balaban J connectivity index is 1.99.